The first-order valence-electron chi connectivity index (χ1n) is 9.10. The minimum absolute atomic E-state index is 0. The van der Waals surface area contributed by atoms with Gasteiger partial charge >= 0.3 is 0 Å². The van der Waals surface area contributed by atoms with Crippen LogP contribution in [0.15, 0.2) is 47.6 Å². The first-order valence-corrected chi connectivity index (χ1v) is 9.10. The number of para-hydroxylation sites is 1. The van der Waals surface area contributed by atoms with Gasteiger partial charge in [0.05, 0.1) is 6.54 Å². The number of pyridine rings is 1. The van der Waals surface area contributed by atoms with Crippen molar-refractivity contribution < 1.29 is 8.78 Å². The highest BCUT2D eigenvalue weighted by Gasteiger charge is 2.27. The van der Waals surface area contributed by atoms with Crippen molar-refractivity contribution in [1.29, 1.82) is 0 Å². The fourth-order valence-electron chi connectivity index (χ4n) is 3.43. The van der Waals surface area contributed by atoms with Crippen LogP contribution in [0.3, 0.4) is 0 Å². The van der Waals surface area contributed by atoms with Gasteiger partial charge in [-0.3, -0.25) is 9.39 Å². The third kappa shape index (κ3) is 4.57. The van der Waals surface area contributed by atoms with E-state index in [1.165, 1.54) is 18.2 Å². The van der Waals surface area contributed by atoms with Crippen molar-refractivity contribution in [1.82, 2.24) is 25.2 Å². The van der Waals surface area contributed by atoms with Crippen LogP contribution in [-0.4, -0.2) is 46.7 Å². The predicted octanol–water partition coefficient (Wildman–Crippen LogP) is 2.57. The van der Waals surface area contributed by atoms with E-state index in [1.807, 2.05) is 28.8 Å². The molecule has 0 aliphatic carbocycles. The molecule has 1 saturated heterocycles. The fourth-order valence-corrected chi connectivity index (χ4v) is 3.43. The first kappa shape index (κ1) is 21.2. The minimum atomic E-state index is -0.540. The van der Waals surface area contributed by atoms with Gasteiger partial charge < -0.3 is 15.5 Å². The molecule has 1 aliphatic heterocycles. The summed E-state index contributed by atoms with van der Waals surface area (Å²) in [7, 11) is 1.68. The van der Waals surface area contributed by atoms with Crippen LogP contribution in [0, 0.1) is 11.6 Å². The highest BCUT2D eigenvalue weighted by molar-refractivity contribution is 14.0. The molecule has 0 amide bonds. The van der Waals surface area contributed by atoms with Crippen LogP contribution in [0.2, 0.25) is 0 Å². The van der Waals surface area contributed by atoms with Gasteiger partial charge in [-0.1, -0.05) is 12.1 Å². The van der Waals surface area contributed by atoms with Crippen LogP contribution in [0.5, 0.6) is 0 Å². The Kier molecular flexibility index (Phi) is 6.83. The summed E-state index contributed by atoms with van der Waals surface area (Å²) in [5.41, 5.74) is 0.810. The first-order chi connectivity index (χ1) is 13.7. The maximum atomic E-state index is 14.0. The Bertz CT molecular complexity index is 987. The highest BCUT2D eigenvalue weighted by Crippen LogP contribution is 2.26. The number of fused-ring (bicyclic) bond motifs is 1. The van der Waals surface area contributed by atoms with Gasteiger partial charge in [0, 0.05) is 32.4 Å². The molecule has 7 nitrogen and oxygen atoms in total. The number of nitrogens with zero attached hydrogens (tertiary/aromatic N) is 5. The van der Waals surface area contributed by atoms with Crippen molar-refractivity contribution in [3.63, 3.8) is 0 Å². The Hall–Kier alpha value is -2.50. The van der Waals surface area contributed by atoms with E-state index in [0.717, 1.165) is 17.9 Å². The summed E-state index contributed by atoms with van der Waals surface area (Å²) in [4.78, 5) is 5.96. The van der Waals surface area contributed by atoms with Crippen molar-refractivity contribution in [2.24, 2.45) is 4.99 Å². The SMILES string of the molecule is CN=C(NCc1nnc2ccccn12)NC1CCN(c2c(F)cccc2F)C1.I. The van der Waals surface area contributed by atoms with Crippen LogP contribution in [-0.2, 0) is 6.54 Å². The van der Waals surface area contributed by atoms with Crippen molar-refractivity contribution in [3.05, 3.63) is 60.1 Å². The number of halogens is 3. The predicted molar refractivity (Wildman–Crippen MR) is 119 cm³/mol. The lowest BCUT2D eigenvalue weighted by atomic mass is 10.2. The molecule has 1 aromatic carbocycles. The van der Waals surface area contributed by atoms with Gasteiger partial charge in [0.25, 0.3) is 0 Å². The molecule has 3 aromatic rings. The molecule has 3 heterocycles. The lowest BCUT2D eigenvalue weighted by molar-refractivity contribution is 0.575. The summed E-state index contributed by atoms with van der Waals surface area (Å²) >= 11 is 0. The van der Waals surface area contributed by atoms with E-state index in [4.69, 9.17) is 0 Å². The number of hydrogen-bond donors (Lipinski definition) is 2. The molecule has 1 fully saturated rings. The second kappa shape index (κ2) is 9.33. The van der Waals surface area contributed by atoms with Crippen LogP contribution in [0.4, 0.5) is 14.5 Å². The van der Waals surface area contributed by atoms with E-state index in [0.29, 0.717) is 25.6 Å². The average molecular weight is 513 g/mol. The number of rotatable bonds is 4. The van der Waals surface area contributed by atoms with Crippen molar-refractivity contribution in [2.75, 3.05) is 25.0 Å². The molecular weight excluding hydrogens is 491 g/mol. The van der Waals surface area contributed by atoms with Gasteiger partial charge in [0.2, 0.25) is 0 Å². The van der Waals surface area contributed by atoms with Gasteiger partial charge in [-0.05, 0) is 30.7 Å². The Morgan fingerprint density at radius 2 is 1.97 bits per heavy atom. The quantitative estimate of drug-likeness (QED) is 0.319. The van der Waals surface area contributed by atoms with Gasteiger partial charge in [-0.15, -0.1) is 34.2 Å². The highest BCUT2D eigenvalue weighted by atomic mass is 127. The average Bonchev–Trinajstić information content (AvgIpc) is 3.32. The molecule has 1 aliphatic rings. The molecule has 2 aromatic heterocycles. The molecule has 4 rings (SSSR count). The zero-order valence-corrected chi connectivity index (χ0v) is 18.2. The fraction of sp³-hybridized carbons (Fsp3) is 0.316. The number of benzene rings is 1. The molecule has 1 atom stereocenters. The topological polar surface area (TPSA) is 69.8 Å². The Morgan fingerprint density at radius 1 is 1.17 bits per heavy atom. The number of nitrogens with one attached hydrogen (secondary N) is 2. The van der Waals surface area contributed by atoms with Gasteiger partial charge in [0.15, 0.2) is 17.4 Å². The summed E-state index contributed by atoms with van der Waals surface area (Å²) in [6.45, 7) is 1.51. The molecular formula is C19H22F2IN7. The van der Waals surface area contributed by atoms with Crippen molar-refractivity contribution in [3.8, 4) is 0 Å². The Balaban J connectivity index is 0.00000240. The minimum Gasteiger partial charge on any atom is -0.365 e. The molecule has 0 radical (unpaired) electrons. The van der Waals surface area contributed by atoms with Crippen LogP contribution < -0.4 is 15.5 Å². The molecule has 1 unspecified atom stereocenters. The van der Waals surface area contributed by atoms with E-state index < -0.39 is 11.6 Å². The lowest BCUT2D eigenvalue weighted by Crippen LogP contribution is -2.44. The zero-order valence-electron chi connectivity index (χ0n) is 15.8. The molecule has 0 spiro atoms. The summed E-state index contributed by atoms with van der Waals surface area (Å²) in [5, 5.41) is 14.8. The normalized spacial score (nSPS) is 16.7. The van der Waals surface area contributed by atoms with Crippen molar-refractivity contribution in [2.45, 2.75) is 19.0 Å². The molecule has 154 valence electrons. The third-order valence-corrected chi connectivity index (χ3v) is 4.80. The van der Waals surface area contributed by atoms with Gasteiger partial charge in [0.1, 0.15) is 17.3 Å². The summed E-state index contributed by atoms with van der Waals surface area (Å²) in [5.74, 6) is 0.289. The van der Waals surface area contributed by atoms with E-state index in [9.17, 15) is 8.78 Å². The second-order valence-electron chi connectivity index (χ2n) is 6.62. The smallest absolute Gasteiger partial charge is 0.191 e. The van der Waals surface area contributed by atoms with Crippen LogP contribution in [0.1, 0.15) is 12.2 Å². The number of aromatic nitrogens is 3. The monoisotopic (exact) mass is 513 g/mol. The maximum Gasteiger partial charge on any atom is 0.191 e. The van der Waals surface area contributed by atoms with E-state index >= 15 is 0 Å². The Morgan fingerprint density at radius 3 is 2.72 bits per heavy atom. The molecule has 29 heavy (non-hydrogen) atoms. The number of anilines is 1. The van der Waals surface area contributed by atoms with E-state index in [1.54, 1.807) is 11.9 Å². The van der Waals surface area contributed by atoms with E-state index in [2.05, 4.69) is 25.8 Å². The molecule has 0 saturated carbocycles. The standard InChI is InChI=1S/C19H21F2N7.HI/c1-22-19(23-11-17-26-25-16-7-2-3-9-28(16)17)24-13-8-10-27(12-13)18-14(20)5-4-6-15(18)21;/h2-7,9,13H,8,10-12H2,1H3,(H2,22,23,24);1H. The summed E-state index contributed by atoms with van der Waals surface area (Å²) in [6, 6.07) is 9.68. The zero-order chi connectivity index (χ0) is 19.5. The summed E-state index contributed by atoms with van der Waals surface area (Å²) in [6.07, 6.45) is 2.66. The second-order valence-corrected chi connectivity index (χ2v) is 6.62. The lowest BCUT2D eigenvalue weighted by Gasteiger charge is -2.21. The van der Waals surface area contributed by atoms with Crippen LogP contribution in [0.25, 0.3) is 5.65 Å². The van der Waals surface area contributed by atoms with E-state index in [-0.39, 0.29) is 35.7 Å². The Labute approximate surface area is 184 Å². The van der Waals surface area contributed by atoms with Gasteiger partial charge in [-0.2, -0.15) is 0 Å². The largest absolute Gasteiger partial charge is 0.365 e. The van der Waals surface area contributed by atoms with Crippen molar-refractivity contribution >= 4 is 41.3 Å². The van der Waals surface area contributed by atoms with Gasteiger partial charge in [-0.25, -0.2) is 8.78 Å². The third-order valence-electron chi connectivity index (χ3n) is 4.80. The molecule has 0 bridgehead atoms. The molecule has 2 N–H and O–H groups in total. The van der Waals surface area contributed by atoms with Crippen LogP contribution >= 0.6 is 24.0 Å². The number of aliphatic imine (C=N–C) groups is 1. The molecule has 10 heteroatoms. The number of guanidine groups is 1. The summed E-state index contributed by atoms with van der Waals surface area (Å²) < 4.78 is 29.9. The number of hydrogen-bond acceptors (Lipinski definition) is 4. The maximum absolute atomic E-state index is 14.0.